The van der Waals surface area contributed by atoms with E-state index in [1.54, 1.807) is 0 Å². The summed E-state index contributed by atoms with van der Waals surface area (Å²) in [5, 5.41) is 2.50. The predicted octanol–water partition coefficient (Wildman–Crippen LogP) is 2.47. The Morgan fingerprint density at radius 2 is 1.75 bits per heavy atom. The molecule has 0 aliphatic rings. The largest absolute Gasteiger partial charge is 0.449 e. The van der Waals surface area contributed by atoms with Gasteiger partial charge in [-0.1, -0.05) is 6.08 Å². The van der Waals surface area contributed by atoms with Gasteiger partial charge in [-0.05, 0) is 55.5 Å². The highest BCUT2D eigenvalue weighted by atomic mass is 32.2. The number of sulfonamides is 1. The van der Waals surface area contributed by atoms with E-state index in [1.165, 1.54) is 49.4 Å². The van der Waals surface area contributed by atoms with Crippen molar-refractivity contribution in [1.82, 2.24) is 5.32 Å². The molecule has 0 radical (unpaired) electrons. The van der Waals surface area contributed by atoms with Crippen LogP contribution in [0, 0.1) is 5.82 Å². The summed E-state index contributed by atoms with van der Waals surface area (Å²) < 4.78 is 45.0. The third-order valence-electron chi connectivity index (χ3n) is 3.57. The molecule has 28 heavy (non-hydrogen) atoms. The fourth-order valence-electron chi connectivity index (χ4n) is 2.10. The first-order chi connectivity index (χ1) is 13.2. The highest BCUT2D eigenvalue weighted by Gasteiger charge is 2.20. The number of benzene rings is 2. The molecule has 0 unspecified atom stereocenters. The van der Waals surface area contributed by atoms with Crippen molar-refractivity contribution in [2.75, 3.05) is 11.3 Å². The van der Waals surface area contributed by atoms with Crippen LogP contribution in [0.4, 0.5) is 10.1 Å². The van der Waals surface area contributed by atoms with Crippen molar-refractivity contribution in [2.45, 2.75) is 17.9 Å². The molecule has 1 amide bonds. The van der Waals surface area contributed by atoms with Crippen LogP contribution in [0.2, 0.25) is 0 Å². The zero-order valence-corrected chi connectivity index (χ0v) is 15.8. The molecule has 2 aromatic rings. The molecule has 7 nitrogen and oxygen atoms in total. The standard InChI is InChI=1S/C19H19FN2O5S/c1-3-12-21-18(23)13(2)27-19(24)14-4-10-17(11-5-14)28(25,26)22-16-8-6-15(20)7-9-16/h3-11,13,22H,1,12H2,2H3,(H,21,23)/t13-/m0/s1. The number of rotatable bonds is 8. The summed E-state index contributed by atoms with van der Waals surface area (Å²) in [4.78, 5) is 23.7. The molecular formula is C19H19FN2O5S. The van der Waals surface area contributed by atoms with Gasteiger partial charge in [-0.3, -0.25) is 9.52 Å². The number of halogens is 1. The number of ether oxygens (including phenoxy) is 1. The average Bonchev–Trinajstić information content (AvgIpc) is 2.67. The van der Waals surface area contributed by atoms with E-state index in [9.17, 15) is 22.4 Å². The normalized spacial score (nSPS) is 11.9. The van der Waals surface area contributed by atoms with E-state index in [0.29, 0.717) is 0 Å². The minimum Gasteiger partial charge on any atom is -0.449 e. The van der Waals surface area contributed by atoms with Crippen molar-refractivity contribution >= 4 is 27.6 Å². The van der Waals surface area contributed by atoms with Gasteiger partial charge in [-0.2, -0.15) is 0 Å². The van der Waals surface area contributed by atoms with E-state index in [1.807, 2.05) is 0 Å². The third kappa shape index (κ3) is 5.65. The zero-order valence-electron chi connectivity index (χ0n) is 15.0. The van der Waals surface area contributed by atoms with Crippen LogP contribution in [0.3, 0.4) is 0 Å². The Morgan fingerprint density at radius 3 is 2.32 bits per heavy atom. The fraction of sp³-hybridized carbons (Fsp3) is 0.158. The minimum absolute atomic E-state index is 0.0871. The number of nitrogens with one attached hydrogen (secondary N) is 2. The predicted molar refractivity (Wildman–Crippen MR) is 102 cm³/mol. The van der Waals surface area contributed by atoms with E-state index in [0.717, 1.165) is 12.1 Å². The topological polar surface area (TPSA) is 102 Å². The van der Waals surface area contributed by atoms with Crippen molar-refractivity contribution < 1.29 is 27.1 Å². The summed E-state index contributed by atoms with van der Waals surface area (Å²) in [6, 6.07) is 9.84. The van der Waals surface area contributed by atoms with Gasteiger partial charge in [0.15, 0.2) is 6.10 Å². The average molecular weight is 406 g/mol. The molecule has 9 heteroatoms. The zero-order chi connectivity index (χ0) is 20.7. The fourth-order valence-corrected chi connectivity index (χ4v) is 3.16. The van der Waals surface area contributed by atoms with Crippen LogP contribution < -0.4 is 10.0 Å². The summed E-state index contributed by atoms with van der Waals surface area (Å²) in [5.74, 6) is -1.73. The second-order valence-corrected chi connectivity index (χ2v) is 7.40. The Morgan fingerprint density at radius 1 is 1.14 bits per heavy atom. The van der Waals surface area contributed by atoms with E-state index >= 15 is 0 Å². The summed E-state index contributed by atoms with van der Waals surface area (Å²) in [6.07, 6.45) is 0.474. The van der Waals surface area contributed by atoms with Crippen LogP contribution in [-0.4, -0.2) is 32.9 Å². The van der Waals surface area contributed by atoms with Crippen molar-refractivity contribution in [3.8, 4) is 0 Å². The summed E-state index contributed by atoms with van der Waals surface area (Å²) in [7, 11) is -3.91. The quantitative estimate of drug-likeness (QED) is 0.518. The van der Waals surface area contributed by atoms with Crippen molar-refractivity contribution in [2.24, 2.45) is 0 Å². The lowest BCUT2D eigenvalue weighted by molar-refractivity contribution is -0.128. The Bertz CT molecular complexity index is 957. The van der Waals surface area contributed by atoms with Gasteiger partial charge in [0, 0.05) is 12.2 Å². The second-order valence-electron chi connectivity index (χ2n) is 5.72. The van der Waals surface area contributed by atoms with Crippen molar-refractivity contribution in [1.29, 1.82) is 0 Å². The van der Waals surface area contributed by atoms with Crippen LogP contribution in [0.5, 0.6) is 0 Å². The number of carbonyl (C=O) groups excluding carboxylic acids is 2. The maximum atomic E-state index is 12.9. The molecule has 0 bridgehead atoms. The molecule has 2 N–H and O–H groups in total. The summed E-state index contributed by atoms with van der Waals surface area (Å²) in [6.45, 7) is 5.13. The number of esters is 1. The summed E-state index contributed by atoms with van der Waals surface area (Å²) >= 11 is 0. The van der Waals surface area contributed by atoms with Gasteiger partial charge in [0.25, 0.3) is 15.9 Å². The molecule has 0 saturated carbocycles. The molecule has 2 rings (SSSR count). The SMILES string of the molecule is C=CCNC(=O)[C@H](C)OC(=O)c1ccc(S(=O)(=O)Nc2ccc(F)cc2)cc1. The molecule has 0 aromatic heterocycles. The van der Waals surface area contributed by atoms with E-state index in [2.05, 4.69) is 16.6 Å². The molecule has 0 fully saturated rings. The Hall–Kier alpha value is -3.20. The maximum absolute atomic E-state index is 12.9. The minimum atomic E-state index is -3.91. The molecule has 0 spiro atoms. The van der Waals surface area contributed by atoms with E-state index in [4.69, 9.17) is 4.74 Å². The molecule has 0 saturated heterocycles. The Labute approximate surface area is 162 Å². The van der Waals surface area contributed by atoms with Crippen LogP contribution in [-0.2, 0) is 19.6 Å². The Kier molecular flexibility index (Phi) is 6.89. The first-order valence-electron chi connectivity index (χ1n) is 8.21. The lowest BCUT2D eigenvalue weighted by Gasteiger charge is -2.13. The number of carbonyl (C=O) groups is 2. The third-order valence-corrected chi connectivity index (χ3v) is 4.97. The van der Waals surface area contributed by atoms with Gasteiger partial charge in [0.2, 0.25) is 0 Å². The molecule has 2 aromatic carbocycles. The smallest absolute Gasteiger partial charge is 0.338 e. The molecule has 148 valence electrons. The molecule has 0 heterocycles. The maximum Gasteiger partial charge on any atom is 0.338 e. The van der Waals surface area contributed by atoms with Crippen LogP contribution in [0.25, 0.3) is 0 Å². The van der Waals surface area contributed by atoms with Gasteiger partial charge in [0.1, 0.15) is 5.82 Å². The van der Waals surface area contributed by atoms with E-state index in [-0.39, 0.29) is 22.7 Å². The van der Waals surface area contributed by atoms with Gasteiger partial charge in [-0.25, -0.2) is 17.6 Å². The van der Waals surface area contributed by atoms with Crippen LogP contribution >= 0.6 is 0 Å². The number of hydrogen-bond acceptors (Lipinski definition) is 5. The lowest BCUT2D eigenvalue weighted by atomic mass is 10.2. The molecular weight excluding hydrogens is 387 g/mol. The monoisotopic (exact) mass is 406 g/mol. The highest BCUT2D eigenvalue weighted by molar-refractivity contribution is 7.92. The van der Waals surface area contributed by atoms with Gasteiger partial charge < -0.3 is 10.1 Å². The first-order valence-corrected chi connectivity index (χ1v) is 9.69. The highest BCUT2D eigenvalue weighted by Crippen LogP contribution is 2.17. The van der Waals surface area contributed by atoms with Crippen molar-refractivity contribution in [3.05, 3.63) is 72.6 Å². The van der Waals surface area contributed by atoms with Gasteiger partial charge in [0.05, 0.1) is 10.5 Å². The van der Waals surface area contributed by atoms with Crippen molar-refractivity contribution in [3.63, 3.8) is 0 Å². The lowest BCUT2D eigenvalue weighted by Crippen LogP contribution is -2.35. The second kappa shape index (κ2) is 9.14. The van der Waals surface area contributed by atoms with Gasteiger partial charge in [-0.15, -0.1) is 6.58 Å². The van der Waals surface area contributed by atoms with Crippen LogP contribution in [0.15, 0.2) is 66.1 Å². The number of hydrogen-bond donors (Lipinski definition) is 2. The first kappa shape index (κ1) is 21.1. The number of anilines is 1. The van der Waals surface area contributed by atoms with Gasteiger partial charge >= 0.3 is 5.97 Å². The summed E-state index contributed by atoms with van der Waals surface area (Å²) in [5.41, 5.74) is 0.286. The molecule has 1 atom stereocenters. The van der Waals surface area contributed by atoms with Crippen LogP contribution in [0.1, 0.15) is 17.3 Å². The number of amides is 1. The molecule has 0 aliphatic heterocycles. The Balaban J connectivity index is 2.05. The van der Waals surface area contributed by atoms with E-state index < -0.39 is 33.8 Å². The molecule has 0 aliphatic carbocycles.